The van der Waals surface area contributed by atoms with Crippen LogP contribution in [-0.2, 0) is 16.3 Å². The highest BCUT2D eigenvalue weighted by atomic mass is 16.5. The summed E-state index contributed by atoms with van der Waals surface area (Å²) < 4.78 is 8.43. The van der Waals surface area contributed by atoms with E-state index in [0.717, 1.165) is 115 Å². The van der Waals surface area contributed by atoms with E-state index in [1.165, 1.54) is 31.9 Å². The van der Waals surface area contributed by atoms with E-state index in [-0.39, 0.29) is 23.9 Å². The number of carbonyl (C=O) groups excluding carboxylic acids is 2. The first-order valence-corrected chi connectivity index (χ1v) is 23.6. The molecule has 0 bridgehead atoms. The summed E-state index contributed by atoms with van der Waals surface area (Å²) in [5.74, 6) is 1.93. The van der Waals surface area contributed by atoms with Crippen molar-refractivity contribution in [1.29, 1.82) is 0 Å². The van der Waals surface area contributed by atoms with Crippen molar-refractivity contribution in [1.82, 2.24) is 35.0 Å². The first-order valence-electron chi connectivity index (χ1n) is 23.6. The van der Waals surface area contributed by atoms with Gasteiger partial charge in [0.25, 0.3) is 0 Å². The van der Waals surface area contributed by atoms with Crippen LogP contribution in [0, 0.1) is 0 Å². The Bertz CT molecular complexity index is 2260. The number of nitrogens with two attached hydrogens (primary N) is 2. The van der Waals surface area contributed by atoms with Crippen molar-refractivity contribution in [2.24, 2.45) is 11.5 Å². The van der Waals surface area contributed by atoms with Crippen LogP contribution in [-0.4, -0.2) is 75.4 Å². The van der Waals surface area contributed by atoms with Crippen LogP contribution in [0.25, 0.3) is 39.1 Å². The number of nitrogens with one attached hydrogen (secondary N) is 3. The lowest BCUT2D eigenvalue weighted by Gasteiger charge is -2.34. The normalized spacial score (nSPS) is 15.6. The van der Waals surface area contributed by atoms with Gasteiger partial charge in [-0.05, 0) is 113 Å². The quantitative estimate of drug-likeness (QED) is 0.0732. The molecule has 7 N–H and O–H groups in total. The van der Waals surface area contributed by atoms with E-state index in [9.17, 15) is 9.59 Å². The molecule has 344 valence electrons. The number of nitrogens with zero attached hydrogens (tertiary/aromatic N) is 4. The van der Waals surface area contributed by atoms with Gasteiger partial charge in [0, 0.05) is 42.2 Å². The number of imidazole rings is 1. The number of fused-ring (bicyclic) bond motifs is 5. The van der Waals surface area contributed by atoms with E-state index in [4.69, 9.17) is 21.2 Å². The van der Waals surface area contributed by atoms with Crippen LogP contribution in [0.5, 0.6) is 5.75 Å². The summed E-state index contributed by atoms with van der Waals surface area (Å²) in [5, 5.41) is 6.93. The van der Waals surface area contributed by atoms with E-state index < -0.39 is 0 Å². The van der Waals surface area contributed by atoms with Crippen molar-refractivity contribution in [3.05, 3.63) is 114 Å². The summed E-state index contributed by atoms with van der Waals surface area (Å²) in [4.78, 5) is 37.2. The lowest BCUT2D eigenvalue weighted by Crippen LogP contribution is -2.43. The Hall–Kier alpha value is -5.85. The predicted molar refractivity (Wildman–Crippen MR) is 263 cm³/mol. The molecule has 2 aliphatic heterocycles. The average Bonchev–Trinajstić information content (AvgIpc) is 4.13. The molecule has 3 aliphatic rings. The van der Waals surface area contributed by atoms with Gasteiger partial charge in [-0.3, -0.25) is 14.5 Å². The summed E-state index contributed by atoms with van der Waals surface area (Å²) in [5.41, 5.74) is 19.3. The summed E-state index contributed by atoms with van der Waals surface area (Å²) in [6.45, 7) is 18.1. The summed E-state index contributed by atoms with van der Waals surface area (Å²) >= 11 is 0. The minimum Gasteiger partial charge on any atom is -0.472 e. The largest absolute Gasteiger partial charge is 0.472 e. The number of ether oxygens (including phenoxy) is 1. The number of allylic oxidation sites excluding steroid dienone is 2. The number of aromatic amines is 1. The molecule has 12 nitrogen and oxygen atoms in total. The third-order valence-corrected chi connectivity index (χ3v) is 11.9. The van der Waals surface area contributed by atoms with Crippen LogP contribution in [0.1, 0.15) is 122 Å². The fourth-order valence-corrected chi connectivity index (χ4v) is 8.32. The molecular formula is C52H73N9O3. The van der Waals surface area contributed by atoms with Gasteiger partial charge in [-0.25, -0.2) is 4.98 Å². The summed E-state index contributed by atoms with van der Waals surface area (Å²) in [6, 6.07) is 24.2. The Balaban J connectivity index is 0.000000338. The molecule has 2 atom stereocenters. The fraction of sp³-hybridized carbons (Fsp3) is 0.442. The second-order valence-electron chi connectivity index (χ2n) is 16.2. The zero-order valence-corrected chi connectivity index (χ0v) is 39.2. The molecular weight excluding hydrogens is 799 g/mol. The number of hydrogen-bond acceptors (Lipinski definition) is 8. The second-order valence-corrected chi connectivity index (χ2v) is 16.2. The van der Waals surface area contributed by atoms with Crippen molar-refractivity contribution in [3.63, 3.8) is 0 Å². The minimum atomic E-state index is -0.314. The molecule has 5 aromatic rings. The molecule has 64 heavy (non-hydrogen) atoms. The van der Waals surface area contributed by atoms with Gasteiger partial charge < -0.3 is 41.3 Å². The van der Waals surface area contributed by atoms with Crippen molar-refractivity contribution in [2.45, 2.75) is 112 Å². The molecule has 12 heteroatoms. The molecule has 1 saturated heterocycles. The first kappa shape index (κ1) is 49.2. The maximum Gasteiger partial charge on any atom is 0.245 e. The monoisotopic (exact) mass is 872 g/mol. The van der Waals surface area contributed by atoms with Gasteiger partial charge in [-0.1, -0.05) is 96.2 Å². The number of hydrogen-bond donors (Lipinski definition) is 5. The Kier molecular flexibility index (Phi) is 19.5. The molecule has 2 aromatic heterocycles. The van der Waals surface area contributed by atoms with Crippen LogP contribution >= 0.6 is 0 Å². The van der Waals surface area contributed by atoms with Crippen molar-refractivity contribution < 1.29 is 14.3 Å². The van der Waals surface area contributed by atoms with Crippen LogP contribution in [0.3, 0.4) is 0 Å². The fourth-order valence-electron chi connectivity index (χ4n) is 8.32. The highest BCUT2D eigenvalue weighted by Gasteiger charge is 2.38. The van der Waals surface area contributed by atoms with Gasteiger partial charge in [0.05, 0.1) is 34.8 Å². The number of carbonyl (C=O) groups is 2. The highest BCUT2D eigenvalue weighted by Crippen LogP contribution is 2.41. The van der Waals surface area contributed by atoms with Crippen molar-refractivity contribution in [2.75, 3.05) is 39.3 Å². The molecule has 2 amide bonds. The topological polar surface area (TPSA) is 160 Å². The molecule has 8 rings (SSSR count). The number of likely N-dealkylation sites (N-methyl/N-ethyl adjacent to an activating group) is 1. The lowest BCUT2D eigenvalue weighted by atomic mass is 10.0. The number of H-pyrrole nitrogens is 1. The minimum absolute atomic E-state index is 0.0920. The average molecular weight is 872 g/mol. The van der Waals surface area contributed by atoms with E-state index in [2.05, 4.69) is 113 Å². The standard InChI is InChI=1S/C36H39N7O2.C6H13NO.C6H10.C4H11N/c1-3-41(4-2)34(23-9-6-5-7-10-23)36(44)42-16-8-11-31(42)35-39-21-29(40-35)25-12-14-27-32-18-26-17-24(28(38)20-37)13-15-30(26)43(32)22-45-33(27)19-25;1-3-5-7-6(8)4-2;1-2-4-6-5-3-1;1-3-5-4-2/h5-7,9-10,12-15,17-21,31,34H,3-4,8,11,16,22,37-38H2,1-2H3,(H,39,40);3-5H2,1-2H3,(H,7,8);1-2H,3-6H2;5H,3-4H2,1-2H3/b28-20-;;;. The van der Waals surface area contributed by atoms with Gasteiger partial charge in [0.1, 0.15) is 17.6 Å². The maximum atomic E-state index is 14.2. The Morgan fingerprint density at radius 1 is 0.938 bits per heavy atom. The number of benzene rings is 3. The predicted octanol–water partition coefficient (Wildman–Crippen LogP) is 9.67. The molecule has 4 heterocycles. The van der Waals surface area contributed by atoms with Crippen LogP contribution in [0.2, 0.25) is 0 Å². The van der Waals surface area contributed by atoms with Gasteiger partial charge in [-0.2, -0.15) is 0 Å². The second kappa shape index (κ2) is 25.4. The Labute approximate surface area is 381 Å². The van der Waals surface area contributed by atoms with E-state index >= 15 is 0 Å². The first-order chi connectivity index (χ1) is 31.2. The van der Waals surface area contributed by atoms with Crippen molar-refractivity contribution >= 4 is 28.4 Å². The SMILES string of the molecule is C1=CCCCC1.CCCNC(=O)CC.CCN(CC)C(C(=O)N1CCCC1c1ncc(-c2ccc3c(c2)OCn2c-3cc3cc(/C(N)=C/N)ccc32)[nH]1)c1ccccc1.CCNCC. The third kappa shape index (κ3) is 12.7. The van der Waals surface area contributed by atoms with E-state index in [0.29, 0.717) is 18.8 Å². The van der Waals surface area contributed by atoms with Crippen LogP contribution in [0.15, 0.2) is 97.3 Å². The summed E-state index contributed by atoms with van der Waals surface area (Å²) in [6.07, 6.45) is 16.7. The van der Waals surface area contributed by atoms with Crippen molar-refractivity contribution in [3.8, 4) is 28.3 Å². The highest BCUT2D eigenvalue weighted by molar-refractivity contribution is 5.91. The Morgan fingerprint density at radius 3 is 2.28 bits per heavy atom. The van der Waals surface area contributed by atoms with E-state index in [1.807, 2.05) is 49.2 Å². The summed E-state index contributed by atoms with van der Waals surface area (Å²) in [7, 11) is 0. The smallest absolute Gasteiger partial charge is 0.245 e. The molecule has 0 spiro atoms. The number of amides is 2. The maximum absolute atomic E-state index is 14.2. The van der Waals surface area contributed by atoms with Crippen LogP contribution in [0.4, 0.5) is 0 Å². The van der Waals surface area contributed by atoms with Gasteiger partial charge in [0.2, 0.25) is 11.8 Å². The van der Waals surface area contributed by atoms with E-state index in [1.54, 1.807) is 0 Å². The van der Waals surface area contributed by atoms with Gasteiger partial charge in [-0.15, -0.1) is 0 Å². The van der Waals surface area contributed by atoms with Gasteiger partial charge >= 0.3 is 0 Å². The molecule has 1 aliphatic carbocycles. The lowest BCUT2D eigenvalue weighted by molar-refractivity contribution is -0.138. The molecule has 0 radical (unpaired) electrons. The molecule has 2 unspecified atom stereocenters. The molecule has 0 saturated carbocycles. The zero-order chi connectivity index (χ0) is 45.8. The molecule has 1 fully saturated rings. The number of rotatable bonds is 13. The number of likely N-dealkylation sites (tertiary alicyclic amines) is 1. The van der Waals surface area contributed by atoms with Gasteiger partial charge in [0.15, 0.2) is 6.73 Å². The zero-order valence-electron chi connectivity index (χ0n) is 39.2. The van der Waals surface area contributed by atoms with Crippen LogP contribution < -0.4 is 26.8 Å². The number of aromatic nitrogens is 3. The Morgan fingerprint density at radius 2 is 1.67 bits per heavy atom. The molecule has 3 aromatic carbocycles. The third-order valence-electron chi connectivity index (χ3n) is 11.9.